The number of hydrogen-bond acceptors (Lipinski definition) is 5. The standard InChI is InChI=1S/C8H12F3NO5/c9-8(10,11)7(16)12-1-3-5(14)6(15)4(2-13)17-3/h3-6,13-15H,1-2H2,(H,12,16)/t3-,4-,5-,6-/m1/s1. The van der Waals surface area contributed by atoms with Crippen LogP contribution in [0.15, 0.2) is 0 Å². The number of hydrogen-bond donors (Lipinski definition) is 4. The molecule has 17 heavy (non-hydrogen) atoms. The van der Waals surface area contributed by atoms with Crippen LogP contribution < -0.4 is 5.32 Å². The predicted molar refractivity (Wildman–Crippen MR) is 46.8 cm³/mol. The van der Waals surface area contributed by atoms with Gasteiger partial charge < -0.3 is 25.4 Å². The van der Waals surface area contributed by atoms with E-state index < -0.39 is 49.7 Å². The van der Waals surface area contributed by atoms with Gasteiger partial charge in [0.25, 0.3) is 0 Å². The monoisotopic (exact) mass is 259 g/mol. The highest BCUT2D eigenvalue weighted by molar-refractivity contribution is 5.81. The Balaban J connectivity index is 2.46. The molecule has 100 valence electrons. The van der Waals surface area contributed by atoms with Gasteiger partial charge in [-0.25, -0.2) is 0 Å². The summed E-state index contributed by atoms with van der Waals surface area (Å²) in [6.07, 6.45) is -10.1. The van der Waals surface area contributed by atoms with Crippen LogP contribution >= 0.6 is 0 Å². The number of nitrogens with one attached hydrogen (secondary N) is 1. The first kappa shape index (κ1) is 14.2. The zero-order valence-corrected chi connectivity index (χ0v) is 8.52. The largest absolute Gasteiger partial charge is 0.471 e. The van der Waals surface area contributed by atoms with E-state index in [1.54, 1.807) is 0 Å². The van der Waals surface area contributed by atoms with Gasteiger partial charge in [0, 0.05) is 6.54 Å². The molecule has 9 heteroatoms. The first-order valence-electron chi connectivity index (χ1n) is 4.75. The molecule has 0 aromatic rings. The number of rotatable bonds is 3. The number of amides is 1. The lowest BCUT2D eigenvalue weighted by Crippen LogP contribution is -2.44. The summed E-state index contributed by atoms with van der Waals surface area (Å²) in [6.45, 7) is -1.19. The van der Waals surface area contributed by atoms with Gasteiger partial charge in [-0.3, -0.25) is 4.79 Å². The zero-order chi connectivity index (χ0) is 13.2. The first-order valence-corrected chi connectivity index (χ1v) is 4.75. The Morgan fingerprint density at radius 1 is 1.24 bits per heavy atom. The lowest BCUT2D eigenvalue weighted by molar-refractivity contribution is -0.174. The number of alkyl halides is 3. The van der Waals surface area contributed by atoms with Crippen LogP contribution in [0.2, 0.25) is 0 Å². The highest BCUT2D eigenvalue weighted by atomic mass is 19.4. The number of aliphatic hydroxyl groups excluding tert-OH is 3. The second kappa shape index (κ2) is 5.17. The maximum atomic E-state index is 11.8. The Kier molecular flexibility index (Phi) is 4.31. The van der Waals surface area contributed by atoms with E-state index in [0.29, 0.717) is 0 Å². The SMILES string of the molecule is O=C(NC[C@H]1O[C@H](CO)[C@@H](O)[C@@H]1O)C(F)(F)F. The summed E-state index contributed by atoms with van der Waals surface area (Å²) in [7, 11) is 0. The van der Waals surface area contributed by atoms with Crippen molar-refractivity contribution in [1.82, 2.24) is 5.32 Å². The molecule has 4 N–H and O–H groups in total. The molecular formula is C8H12F3NO5. The number of carbonyl (C=O) groups is 1. The fourth-order valence-corrected chi connectivity index (χ4v) is 1.44. The molecule has 0 aromatic carbocycles. The Bertz CT molecular complexity index is 285. The fraction of sp³-hybridized carbons (Fsp3) is 0.875. The maximum Gasteiger partial charge on any atom is 0.471 e. The molecule has 0 aromatic heterocycles. The van der Waals surface area contributed by atoms with Crippen molar-refractivity contribution in [2.75, 3.05) is 13.2 Å². The van der Waals surface area contributed by atoms with E-state index in [1.807, 2.05) is 0 Å². The molecule has 1 fully saturated rings. The normalized spacial score (nSPS) is 33.8. The van der Waals surface area contributed by atoms with Gasteiger partial charge in [0.15, 0.2) is 0 Å². The lowest BCUT2D eigenvalue weighted by atomic mass is 10.1. The average Bonchev–Trinajstić information content (AvgIpc) is 2.51. The van der Waals surface area contributed by atoms with Crippen molar-refractivity contribution in [2.45, 2.75) is 30.6 Å². The molecule has 0 radical (unpaired) electrons. The Morgan fingerprint density at radius 2 is 1.76 bits per heavy atom. The summed E-state index contributed by atoms with van der Waals surface area (Å²) in [5.74, 6) is -2.16. The van der Waals surface area contributed by atoms with Crippen LogP contribution in [0.4, 0.5) is 13.2 Å². The third-order valence-corrected chi connectivity index (χ3v) is 2.36. The van der Waals surface area contributed by atoms with Crippen molar-refractivity contribution in [1.29, 1.82) is 0 Å². The summed E-state index contributed by atoms with van der Waals surface area (Å²) in [4.78, 5) is 10.5. The van der Waals surface area contributed by atoms with Crippen molar-refractivity contribution >= 4 is 5.91 Å². The van der Waals surface area contributed by atoms with Gasteiger partial charge in [-0.15, -0.1) is 0 Å². The van der Waals surface area contributed by atoms with Crippen LogP contribution in [0.3, 0.4) is 0 Å². The molecule has 4 atom stereocenters. The van der Waals surface area contributed by atoms with E-state index in [0.717, 1.165) is 0 Å². The molecule has 1 rings (SSSR count). The Morgan fingerprint density at radius 3 is 2.18 bits per heavy atom. The Hall–Kier alpha value is -0.900. The van der Waals surface area contributed by atoms with E-state index >= 15 is 0 Å². The molecule has 1 saturated heterocycles. The summed E-state index contributed by atoms with van der Waals surface area (Å²) in [5, 5.41) is 28.9. The summed E-state index contributed by atoms with van der Waals surface area (Å²) in [5.41, 5.74) is 0. The van der Waals surface area contributed by atoms with Gasteiger partial charge in [-0.2, -0.15) is 13.2 Å². The number of halogens is 3. The van der Waals surface area contributed by atoms with E-state index in [4.69, 9.17) is 9.84 Å². The molecule has 1 aliphatic rings. The fourth-order valence-electron chi connectivity index (χ4n) is 1.44. The van der Waals surface area contributed by atoms with Crippen LogP contribution in [-0.4, -0.2) is 65.0 Å². The molecular weight excluding hydrogens is 247 g/mol. The van der Waals surface area contributed by atoms with Gasteiger partial charge in [-0.1, -0.05) is 0 Å². The van der Waals surface area contributed by atoms with Crippen LogP contribution in [-0.2, 0) is 9.53 Å². The quantitative estimate of drug-likeness (QED) is 0.477. The second-order valence-corrected chi connectivity index (χ2v) is 3.58. The molecule has 6 nitrogen and oxygen atoms in total. The number of ether oxygens (including phenoxy) is 1. The van der Waals surface area contributed by atoms with Crippen molar-refractivity contribution < 1.29 is 38.0 Å². The highest BCUT2D eigenvalue weighted by Gasteiger charge is 2.44. The van der Waals surface area contributed by atoms with E-state index in [2.05, 4.69) is 0 Å². The third-order valence-electron chi connectivity index (χ3n) is 2.36. The van der Waals surface area contributed by atoms with Gasteiger partial charge in [0.1, 0.15) is 24.4 Å². The van der Waals surface area contributed by atoms with Gasteiger partial charge in [-0.05, 0) is 0 Å². The van der Waals surface area contributed by atoms with E-state index in [1.165, 1.54) is 5.32 Å². The maximum absolute atomic E-state index is 11.8. The molecule has 0 bridgehead atoms. The predicted octanol–water partition coefficient (Wildman–Crippen LogP) is -1.85. The molecule has 1 amide bonds. The van der Waals surface area contributed by atoms with Crippen LogP contribution in [0, 0.1) is 0 Å². The lowest BCUT2D eigenvalue weighted by Gasteiger charge is -2.15. The van der Waals surface area contributed by atoms with Crippen molar-refractivity contribution in [3.05, 3.63) is 0 Å². The van der Waals surface area contributed by atoms with E-state index in [9.17, 15) is 28.2 Å². The molecule has 1 heterocycles. The minimum absolute atomic E-state index is 0.581. The van der Waals surface area contributed by atoms with Crippen LogP contribution in [0.1, 0.15) is 0 Å². The molecule has 0 saturated carbocycles. The smallest absolute Gasteiger partial charge is 0.394 e. The minimum atomic E-state index is -5.02. The summed E-state index contributed by atoms with van der Waals surface area (Å²) >= 11 is 0. The van der Waals surface area contributed by atoms with Gasteiger partial charge in [0.2, 0.25) is 0 Å². The second-order valence-electron chi connectivity index (χ2n) is 3.58. The summed E-state index contributed by atoms with van der Waals surface area (Å²) in [6, 6.07) is 0. The van der Waals surface area contributed by atoms with Gasteiger partial charge in [0.05, 0.1) is 6.61 Å². The summed E-state index contributed by atoms with van der Waals surface area (Å²) < 4.78 is 40.4. The zero-order valence-electron chi connectivity index (χ0n) is 8.52. The first-order chi connectivity index (χ1) is 7.77. The molecule has 0 unspecified atom stereocenters. The topological polar surface area (TPSA) is 99.0 Å². The van der Waals surface area contributed by atoms with Crippen molar-refractivity contribution in [3.8, 4) is 0 Å². The highest BCUT2D eigenvalue weighted by Crippen LogP contribution is 2.21. The third kappa shape index (κ3) is 3.28. The molecule has 1 aliphatic heterocycles. The molecule has 0 aliphatic carbocycles. The average molecular weight is 259 g/mol. The number of carbonyl (C=O) groups excluding carboxylic acids is 1. The van der Waals surface area contributed by atoms with Crippen LogP contribution in [0.25, 0.3) is 0 Å². The number of aliphatic hydroxyl groups is 3. The van der Waals surface area contributed by atoms with Crippen LogP contribution in [0.5, 0.6) is 0 Å². The minimum Gasteiger partial charge on any atom is -0.394 e. The molecule has 0 spiro atoms. The van der Waals surface area contributed by atoms with Gasteiger partial charge >= 0.3 is 12.1 Å². The van der Waals surface area contributed by atoms with Crippen molar-refractivity contribution in [2.24, 2.45) is 0 Å². The van der Waals surface area contributed by atoms with E-state index in [-0.39, 0.29) is 0 Å². The van der Waals surface area contributed by atoms with Crippen molar-refractivity contribution in [3.63, 3.8) is 0 Å². The Labute approximate surface area is 94.0 Å².